The Hall–Kier alpha value is -1.89. The van der Waals surface area contributed by atoms with Gasteiger partial charge in [-0.05, 0) is 12.5 Å². The fraction of sp³-hybridized carbons (Fsp3) is 0.300. The van der Waals surface area contributed by atoms with Crippen molar-refractivity contribution in [2.75, 3.05) is 12.3 Å². The lowest BCUT2D eigenvalue weighted by Crippen LogP contribution is -2.27. The van der Waals surface area contributed by atoms with Gasteiger partial charge in [0.15, 0.2) is 5.13 Å². The maximum atomic E-state index is 11.6. The van der Waals surface area contributed by atoms with Gasteiger partial charge in [-0.15, -0.1) is 11.3 Å². The van der Waals surface area contributed by atoms with Gasteiger partial charge in [0.05, 0.1) is 12.7 Å². The van der Waals surface area contributed by atoms with Gasteiger partial charge in [0.2, 0.25) is 0 Å². The zero-order valence-corrected chi connectivity index (χ0v) is 10.2. The lowest BCUT2D eigenvalue weighted by atomic mass is 10.4. The first kappa shape index (κ1) is 11.6. The molecule has 0 aliphatic heterocycles. The molecule has 0 bridgehead atoms. The van der Waals surface area contributed by atoms with Gasteiger partial charge in [-0.25, -0.2) is 4.98 Å². The van der Waals surface area contributed by atoms with E-state index in [1.807, 2.05) is 13.1 Å². The van der Waals surface area contributed by atoms with Crippen LogP contribution in [0.15, 0.2) is 17.8 Å². The number of carbonyl (C=O) groups excluding carboxylic acids is 1. The second kappa shape index (κ2) is 4.96. The highest BCUT2D eigenvalue weighted by atomic mass is 32.1. The zero-order chi connectivity index (χ0) is 12.3. The Balaban J connectivity index is 1.81. The topological polar surface area (TPSA) is 85.8 Å². The highest BCUT2D eigenvalue weighted by Crippen LogP contribution is 2.10. The maximum absolute atomic E-state index is 11.6. The molecule has 6 nitrogen and oxygen atoms in total. The molecule has 2 rings (SSSR count). The number of nitrogen functional groups attached to an aromatic ring is 1. The summed E-state index contributed by atoms with van der Waals surface area (Å²) in [5.74, 6) is -0.207. The number of amides is 1. The van der Waals surface area contributed by atoms with Crippen LogP contribution in [-0.2, 0) is 6.54 Å². The molecule has 17 heavy (non-hydrogen) atoms. The van der Waals surface area contributed by atoms with E-state index in [4.69, 9.17) is 5.73 Å². The summed E-state index contributed by atoms with van der Waals surface area (Å²) in [6.07, 6.45) is 3.70. The van der Waals surface area contributed by atoms with Crippen LogP contribution in [-0.4, -0.2) is 27.2 Å². The Bertz CT molecular complexity index is 518. The van der Waals surface area contributed by atoms with Gasteiger partial charge >= 0.3 is 0 Å². The Morgan fingerprint density at radius 2 is 2.47 bits per heavy atom. The van der Waals surface area contributed by atoms with Gasteiger partial charge in [-0.2, -0.15) is 5.10 Å². The molecule has 0 unspecified atom stereocenters. The molecule has 2 heterocycles. The van der Waals surface area contributed by atoms with Crippen molar-refractivity contribution in [1.29, 1.82) is 0 Å². The van der Waals surface area contributed by atoms with Crippen LogP contribution in [0.2, 0.25) is 0 Å². The lowest BCUT2D eigenvalue weighted by Gasteiger charge is -2.03. The molecule has 90 valence electrons. The first-order chi connectivity index (χ1) is 8.15. The predicted octanol–water partition coefficient (Wildman–Crippen LogP) is 0.660. The molecule has 2 aromatic rings. The molecule has 2 aromatic heterocycles. The van der Waals surface area contributed by atoms with Crippen molar-refractivity contribution in [1.82, 2.24) is 20.1 Å². The zero-order valence-electron chi connectivity index (χ0n) is 9.38. The molecule has 0 saturated carbocycles. The molecule has 0 aliphatic rings. The Morgan fingerprint density at radius 3 is 3.06 bits per heavy atom. The van der Waals surface area contributed by atoms with Gasteiger partial charge < -0.3 is 11.1 Å². The molecular weight excluding hydrogens is 238 g/mol. The summed E-state index contributed by atoms with van der Waals surface area (Å²) in [4.78, 5) is 15.5. The van der Waals surface area contributed by atoms with Crippen LogP contribution < -0.4 is 11.1 Å². The van der Waals surface area contributed by atoms with Crippen LogP contribution in [0.1, 0.15) is 16.1 Å². The highest BCUT2D eigenvalue weighted by molar-refractivity contribution is 7.13. The number of hydrogen-bond acceptors (Lipinski definition) is 5. The summed E-state index contributed by atoms with van der Waals surface area (Å²) >= 11 is 1.25. The van der Waals surface area contributed by atoms with Gasteiger partial charge in [-0.1, -0.05) is 0 Å². The van der Waals surface area contributed by atoms with Crippen molar-refractivity contribution in [3.05, 3.63) is 29.0 Å². The molecule has 0 fully saturated rings. The normalized spacial score (nSPS) is 10.4. The van der Waals surface area contributed by atoms with Crippen LogP contribution in [0.25, 0.3) is 0 Å². The molecule has 0 spiro atoms. The number of nitrogens with one attached hydrogen (secondary N) is 1. The monoisotopic (exact) mass is 251 g/mol. The number of nitrogens with two attached hydrogens (primary N) is 1. The SMILES string of the molecule is Cc1cnn(CCNC(=O)c2csc(N)n2)c1. The van der Waals surface area contributed by atoms with E-state index >= 15 is 0 Å². The van der Waals surface area contributed by atoms with Crippen molar-refractivity contribution >= 4 is 22.4 Å². The maximum Gasteiger partial charge on any atom is 0.270 e. The summed E-state index contributed by atoms with van der Waals surface area (Å²) in [6, 6.07) is 0. The highest BCUT2D eigenvalue weighted by Gasteiger charge is 2.08. The van der Waals surface area contributed by atoms with E-state index in [0.29, 0.717) is 23.9 Å². The first-order valence-corrected chi connectivity index (χ1v) is 6.01. The lowest BCUT2D eigenvalue weighted by molar-refractivity contribution is 0.0947. The Kier molecular flexibility index (Phi) is 3.38. The van der Waals surface area contributed by atoms with E-state index in [9.17, 15) is 4.79 Å². The van der Waals surface area contributed by atoms with Gasteiger partial charge in [0.25, 0.3) is 5.91 Å². The van der Waals surface area contributed by atoms with Crippen molar-refractivity contribution in [3.8, 4) is 0 Å². The van der Waals surface area contributed by atoms with Crippen LogP contribution in [0, 0.1) is 6.92 Å². The third kappa shape index (κ3) is 3.04. The summed E-state index contributed by atoms with van der Waals surface area (Å²) in [5.41, 5.74) is 6.92. The van der Waals surface area contributed by atoms with E-state index in [1.54, 1.807) is 16.3 Å². The number of thiazole rings is 1. The Morgan fingerprint density at radius 1 is 1.65 bits per heavy atom. The Labute approximate surface area is 102 Å². The predicted molar refractivity (Wildman–Crippen MR) is 65.8 cm³/mol. The van der Waals surface area contributed by atoms with E-state index in [2.05, 4.69) is 15.4 Å². The van der Waals surface area contributed by atoms with Crippen LogP contribution in [0.5, 0.6) is 0 Å². The van der Waals surface area contributed by atoms with Gasteiger partial charge in [0, 0.05) is 18.1 Å². The minimum Gasteiger partial charge on any atom is -0.375 e. The summed E-state index contributed by atoms with van der Waals surface area (Å²) in [7, 11) is 0. The largest absolute Gasteiger partial charge is 0.375 e. The van der Waals surface area contributed by atoms with Crippen LogP contribution >= 0.6 is 11.3 Å². The van der Waals surface area contributed by atoms with Gasteiger partial charge in [-0.3, -0.25) is 9.48 Å². The molecule has 0 aliphatic carbocycles. The summed E-state index contributed by atoms with van der Waals surface area (Å²) in [6.45, 7) is 3.12. The second-order valence-electron chi connectivity index (χ2n) is 3.61. The van der Waals surface area contributed by atoms with Crippen molar-refractivity contribution in [2.24, 2.45) is 0 Å². The molecule has 0 aromatic carbocycles. The quantitative estimate of drug-likeness (QED) is 0.836. The second-order valence-corrected chi connectivity index (χ2v) is 4.50. The third-order valence-corrected chi connectivity index (χ3v) is 2.82. The minimum absolute atomic E-state index is 0.207. The average Bonchev–Trinajstić information content (AvgIpc) is 2.88. The van der Waals surface area contributed by atoms with E-state index in [1.165, 1.54) is 11.3 Å². The number of rotatable bonds is 4. The van der Waals surface area contributed by atoms with E-state index in [-0.39, 0.29) is 5.91 Å². The minimum atomic E-state index is -0.207. The van der Waals surface area contributed by atoms with Crippen molar-refractivity contribution < 1.29 is 4.79 Å². The summed E-state index contributed by atoms with van der Waals surface area (Å²) in [5, 5.41) is 8.92. The smallest absolute Gasteiger partial charge is 0.270 e. The van der Waals surface area contributed by atoms with Crippen molar-refractivity contribution in [3.63, 3.8) is 0 Å². The molecule has 0 atom stereocenters. The fourth-order valence-corrected chi connectivity index (χ4v) is 1.90. The number of aromatic nitrogens is 3. The molecular formula is C10H13N5OS. The van der Waals surface area contributed by atoms with Gasteiger partial charge in [0.1, 0.15) is 5.69 Å². The number of carbonyl (C=O) groups is 1. The fourth-order valence-electron chi connectivity index (χ4n) is 1.36. The molecule has 0 saturated heterocycles. The van der Waals surface area contributed by atoms with E-state index in [0.717, 1.165) is 5.56 Å². The number of hydrogen-bond donors (Lipinski definition) is 2. The molecule has 3 N–H and O–H groups in total. The third-order valence-electron chi connectivity index (χ3n) is 2.14. The number of anilines is 1. The van der Waals surface area contributed by atoms with Crippen LogP contribution in [0.3, 0.4) is 0 Å². The number of aryl methyl sites for hydroxylation is 1. The van der Waals surface area contributed by atoms with Crippen molar-refractivity contribution in [2.45, 2.75) is 13.5 Å². The standard InChI is InChI=1S/C10H13N5OS/c1-7-4-13-15(5-7)3-2-12-9(16)8-6-17-10(11)14-8/h4-6H,2-3H2,1H3,(H2,11,14)(H,12,16). The molecule has 0 radical (unpaired) electrons. The summed E-state index contributed by atoms with van der Waals surface area (Å²) < 4.78 is 1.78. The first-order valence-electron chi connectivity index (χ1n) is 5.13. The number of nitrogens with zero attached hydrogens (tertiary/aromatic N) is 3. The van der Waals surface area contributed by atoms with Crippen LogP contribution in [0.4, 0.5) is 5.13 Å². The molecule has 1 amide bonds. The average molecular weight is 251 g/mol. The molecule has 7 heteroatoms. The van der Waals surface area contributed by atoms with E-state index < -0.39 is 0 Å².